The molecule has 17 heavy (non-hydrogen) atoms. The van der Waals surface area contributed by atoms with E-state index < -0.39 is 0 Å². The first-order valence-electron chi connectivity index (χ1n) is 5.07. The van der Waals surface area contributed by atoms with Crippen molar-refractivity contribution in [3.63, 3.8) is 0 Å². The van der Waals surface area contributed by atoms with Gasteiger partial charge in [-0.2, -0.15) is 0 Å². The molecule has 0 bridgehead atoms. The van der Waals surface area contributed by atoms with Gasteiger partial charge in [0.2, 0.25) is 0 Å². The standard InChI is InChI=1S/C12H9N3OS/c16-9-3-1-2-8(6-9)15-12-11-10(4-5-17-11)13-7-14-12/h1-7,16H,(H,13,14,15). The fourth-order valence-electron chi connectivity index (χ4n) is 1.60. The van der Waals surface area contributed by atoms with Crippen molar-refractivity contribution in [3.05, 3.63) is 42.0 Å². The number of anilines is 2. The number of hydrogen-bond donors (Lipinski definition) is 2. The summed E-state index contributed by atoms with van der Waals surface area (Å²) in [6.45, 7) is 0. The molecular formula is C12H9N3OS. The van der Waals surface area contributed by atoms with Crippen LogP contribution in [0.1, 0.15) is 0 Å². The highest BCUT2D eigenvalue weighted by molar-refractivity contribution is 7.17. The second kappa shape index (κ2) is 4.03. The van der Waals surface area contributed by atoms with Crippen LogP contribution < -0.4 is 5.32 Å². The van der Waals surface area contributed by atoms with E-state index in [2.05, 4.69) is 15.3 Å². The molecule has 0 unspecified atom stereocenters. The van der Waals surface area contributed by atoms with Crippen LogP contribution in [0.2, 0.25) is 0 Å². The Morgan fingerprint density at radius 2 is 2.12 bits per heavy atom. The third kappa shape index (κ3) is 1.92. The number of thiophene rings is 1. The van der Waals surface area contributed by atoms with Crippen molar-refractivity contribution in [1.29, 1.82) is 0 Å². The van der Waals surface area contributed by atoms with Crippen LogP contribution in [0.15, 0.2) is 42.0 Å². The van der Waals surface area contributed by atoms with Crippen LogP contribution in [0.5, 0.6) is 5.75 Å². The third-order valence-electron chi connectivity index (χ3n) is 2.35. The zero-order valence-electron chi connectivity index (χ0n) is 8.79. The Bertz CT molecular complexity index is 665. The van der Waals surface area contributed by atoms with E-state index in [0.29, 0.717) is 0 Å². The smallest absolute Gasteiger partial charge is 0.151 e. The summed E-state index contributed by atoms with van der Waals surface area (Å²) in [5, 5.41) is 14.5. The number of benzene rings is 1. The molecule has 0 atom stereocenters. The Morgan fingerprint density at radius 1 is 1.18 bits per heavy atom. The molecule has 5 heteroatoms. The molecule has 0 fully saturated rings. The summed E-state index contributed by atoms with van der Waals surface area (Å²) >= 11 is 1.59. The molecule has 2 N–H and O–H groups in total. The van der Waals surface area contributed by atoms with E-state index in [1.165, 1.54) is 6.33 Å². The molecule has 0 aliphatic carbocycles. The van der Waals surface area contributed by atoms with Crippen molar-refractivity contribution in [2.45, 2.75) is 0 Å². The fraction of sp³-hybridized carbons (Fsp3) is 0. The summed E-state index contributed by atoms with van der Waals surface area (Å²) in [6, 6.07) is 8.90. The van der Waals surface area contributed by atoms with Gasteiger partial charge < -0.3 is 10.4 Å². The van der Waals surface area contributed by atoms with E-state index in [1.807, 2.05) is 17.5 Å². The van der Waals surface area contributed by atoms with Crippen LogP contribution in [0.4, 0.5) is 11.5 Å². The SMILES string of the molecule is Oc1cccc(Nc2ncnc3ccsc23)c1. The monoisotopic (exact) mass is 243 g/mol. The van der Waals surface area contributed by atoms with Gasteiger partial charge in [-0.05, 0) is 23.6 Å². The Hall–Kier alpha value is -2.14. The lowest BCUT2D eigenvalue weighted by atomic mass is 10.3. The predicted octanol–water partition coefficient (Wildman–Crippen LogP) is 3.14. The Kier molecular flexibility index (Phi) is 2.38. The first kappa shape index (κ1) is 10.0. The summed E-state index contributed by atoms with van der Waals surface area (Å²) < 4.78 is 1.01. The lowest BCUT2D eigenvalue weighted by Gasteiger charge is -2.06. The second-order valence-electron chi connectivity index (χ2n) is 3.53. The third-order valence-corrected chi connectivity index (χ3v) is 3.26. The number of nitrogens with one attached hydrogen (secondary N) is 1. The molecule has 4 nitrogen and oxygen atoms in total. The minimum atomic E-state index is 0.228. The molecule has 0 spiro atoms. The highest BCUT2D eigenvalue weighted by Crippen LogP contribution is 2.28. The Labute approximate surface area is 102 Å². The van der Waals surface area contributed by atoms with E-state index in [0.717, 1.165) is 21.7 Å². The summed E-state index contributed by atoms with van der Waals surface area (Å²) in [4.78, 5) is 8.38. The van der Waals surface area contributed by atoms with Gasteiger partial charge in [0.25, 0.3) is 0 Å². The number of hydrogen-bond acceptors (Lipinski definition) is 5. The summed E-state index contributed by atoms with van der Waals surface area (Å²) in [5.41, 5.74) is 1.73. The lowest BCUT2D eigenvalue weighted by Crippen LogP contribution is -1.93. The summed E-state index contributed by atoms with van der Waals surface area (Å²) in [6.07, 6.45) is 1.53. The average Bonchev–Trinajstić information content (AvgIpc) is 2.78. The zero-order valence-corrected chi connectivity index (χ0v) is 9.61. The number of aromatic nitrogens is 2. The number of phenolic OH excluding ortho intramolecular Hbond substituents is 1. The molecule has 0 radical (unpaired) electrons. The molecule has 1 aromatic carbocycles. The number of fused-ring (bicyclic) bond motifs is 1. The average molecular weight is 243 g/mol. The molecule has 0 aliphatic heterocycles. The van der Waals surface area contributed by atoms with Crippen LogP contribution in [-0.4, -0.2) is 15.1 Å². The van der Waals surface area contributed by atoms with Crippen LogP contribution in [0, 0.1) is 0 Å². The minimum absolute atomic E-state index is 0.228. The van der Waals surface area contributed by atoms with Crippen molar-refractivity contribution in [2.24, 2.45) is 0 Å². The lowest BCUT2D eigenvalue weighted by molar-refractivity contribution is 0.475. The van der Waals surface area contributed by atoms with Crippen molar-refractivity contribution >= 4 is 33.1 Å². The maximum Gasteiger partial charge on any atom is 0.151 e. The first-order chi connectivity index (χ1) is 8.33. The van der Waals surface area contributed by atoms with Gasteiger partial charge in [0.1, 0.15) is 12.1 Å². The predicted molar refractivity (Wildman–Crippen MR) is 68.8 cm³/mol. The van der Waals surface area contributed by atoms with Gasteiger partial charge in [-0.3, -0.25) is 0 Å². The van der Waals surface area contributed by atoms with Gasteiger partial charge in [0.15, 0.2) is 5.82 Å². The Balaban J connectivity index is 2.02. The van der Waals surface area contributed by atoms with Gasteiger partial charge in [-0.1, -0.05) is 6.07 Å². The molecule has 0 saturated heterocycles. The fourth-order valence-corrected chi connectivity index (χ4v) is 2.39. The molecule has 2 heterocycles. The largest absolute Gasteiger partial charge is 0.508 e. The maximum atomic E-state index is 9.39. The van der Waals surface area contributed by atoms with Crippen molar-refractivity contribution in [1.82, 2.24) is 9.97 Å². The number of phenols is 1. The maximum absolute atomic E-state index is 9.39. The van der Waals surface area contributed by atoms with Gasteiger partial charge >= 0.3 is 0 Å². The van der Waals surface area contributed by atoms with Crippen molar-refractivity contribution in [2.75, 3.05) is 5.32 Å². The molecule has 3 aromatic rings. The number of nitrogens with zero attached hydrogens (tertiary/aromatic N) is 2. The highest BCUT2D eigenvalue weighted by atomic mass is 32.1. The summed E-state index contributed by atoms with van der Waals surface area (Å²) in [7, 11) is 0. The topological polar surface area (TPSA) is 58.0 Å². The highest BCUT2D eigenvalue weighted by Gasteiger charge is 2.05. The molecule has 3 rings (SSSR count). The van der Waals surface area contributed by atoms with Crippen molar-refractivity contribution in [3.8, 4) is 5.75 Å². The molecule has 0 amide bonds. The second-order valence-corrected chi connectivity index (χ2v) is 4.45. The first-order valence-corrected chi connectivity index (χ1v) is 5.95. The van der Waals surface area contributed by atoms with Gasteiger partial charge in [-0.15, -0.1) is 11.3 Å². The van der Waals surface area contributed by atoms with Gasteiger partial charge in [0, 0.05) is 11.8 Å². The number of aromatic hydroxyl groups is 1. The molecule has 0 aliphatic rings. The van der Waals surface area contributed by atoms with Crippen LogP contribution >= 0.6 is 11.3 Å². The molecular weight excluding hydrogens is 234 g/mol. The molecule has 84 valence electrons. The minimum Gasteiger partial charge on any atom is -0.508 e. The molecule has 2 aromatic heterocycles. The van der Waals surface area contributed by atoms with E-state index in [4.69, 9.17) is 0 Å². The van der Waals surface area contributed by atoms with Crippen LogP contribution in [-0.2, 0) is 0 Å². The van der Waals surface area contributed by atoms with Crippen LogP contribution in [0.25, 0.3) is 10.2 Å². The van der Waals surface area contributed by atoms with E-state index in [-0.39, 0.29) is 5.75 Å². The Morgan fingerprint density at radius 3 is 3.00 bits per heavy atom. The normalized spacial score (nSPS) is 10.6. The zero-order chi connectivity index (χ0) is 11.7. The van der Waals surface area contributed by atoms with Gasteiger partial charge in [-0.25, -0.2) is 9.97 Å². The van der Waals surface area contributed by atoms with Gasteiger partial charge in [0.05, 0.1) is 10.2 Å². The van der Waals surface area contributed by atoms with Crippen LogP contribution in [0.3, 0.4) is 0 Å². The van der Waals surface area contributed by atoms with E-state index in [1.54, 1.807) is 29.5 Å². The van der Waals surface area contributed by atoms with E-state index in [9.17, 15) is 5.11 Å². The quantitative estimate of drug-likeness (QED) is 0.726. The number of rotatable bonds is 2. The van der Waals surface area contributed by atoms with E-state index >= 15 is 0 Å². The molecule has 0 saturated carbocycles. The summed E-state index contributed by atoms with van der Waals surface area (Å²) in [5.74, 6) is 0.988. The van der Waals surface area contributed by atoms with Crippen molar-refractivity contribution < 1.29 is 5.11 Å².